The highest BCUT2D eigenvalue weighted by atomic mass is 16.5. The molecule has 0 unspecified atom stereocenters. The second-order valence-electron chi connectivity index (χ2n) is 5.76. The van der Waals surface area contributed by atoms with E-state index in [1.807, 2.05) is 54.4 Å². The smallest absolute Gasteiger partial charge is 0.251 e. The van der Waals surface area contributed by atoms with Gasteiger partial charge in [-0.2, -0.15) is 0 Å². The zero-order valence-corrected chi connectivity index (χ0v) is 15.5. The number of benzene rings is 2. The van der Waals surface area contributed by atoms with Gasteiger partial charge in [-0.05, 0) is 18.2 Å². The Balaban J connectivity index is 1.81. The molecule has 0 fully saturated rings. The van der Waals surface area contributed by atoms with Crippen molar-refractivity contribution in [3.63, 3.8) is 0 Å². The molecular weight excluding hydrogens is 328 g/mol. The summed E-state index contributed by atoms with van der Waals surface area (Å²) in [7, 11) is 5.37. The van der Waals surface area contributed by atoms with Crippen molar-refractivity contribution in [1.82, 2.24) is 15.5 Å². The summed E-state index contributed by atoms with van der Waals surface area (Å²) < 4.78 is 5.39. The molecule has 2 aromatic carbocycles. The molecule has 138 valence electrons. The van der Waals surface area contributed by atoms with Crippen molar-refractivity contribution in [3.8, 4) is 5.75 Å². The summed E-state index contributed by atoms with van der Waals surface area (Å²) in [6.45, 7) is 1.76. The third-order valence-corrected chi connectivity index (χ3v) is 3.90. The van der Waals surface area contributed by atoms with Gasteiger partial charge in [0.1, 0.15) is 5.75 Å². The first kappa shape index (κ1) is 19.3. The number of nitrogens with zero attached hydrogens (tertiary/aromatic N) is 2. The van der Waals surface area contributed by atoms with Gasteiger partial charge in [0.25, 0.3) is 5.91 Å². The molecule has 0 atom stereocenters. The highest BCUT2D eigenvalue weighted by Gasteiger charge is 2.10. The number of guanidine groups is 1. The number of hydrogen-bond donors (Lipinski definition) is 2. The fourth-order valence-corrected chi connectivity index (χ4v) is 2.59. The maximum atomic E-state index is 12.0. The van der Waals surface area contributed by atoms with E-state index in [0.29, 0.717) is 25.2 Å². The number of ether oxygens (including phenoxy) is 1. The summed E-state index contributed by atoms with van der Waals surface area (Å²) >= 11 is 0. The molecule has 2 aromatic rings. The van der Waals surface area contributed by atoms with Gasteiger partial charge >= 0.3 is 0 Å². The van der Waals surface area contributed by atoms with Crippen LogP contribution < -0.4 is 15.4 Å². The minimum Gasteiger partial charge on any atom is -0.496 e. The predicted molar refractivity (Wildman–Crippen MR) is 105 cm³/mol. The van der Waals surface area contributed by atoms with Crippen LogP contribution in [0.2, 0.25) is 0 Å². The first-order valence-corrected chi connectivity index (χ1v) is 8.52. The standard InChI is InChI=1S/C20H26N4O2/c1-21-20(24(2)15-17-11-7-8-12-18(17)26-3)23-14-13-22-19(25)16-9-5-4-6-10-16/h4-12H,13-15H2,1-3H3,(H,21,23)(H,22,25). The molecule has 0 saturated heterocycles. The van der Waals surface area contributed by atoms with Crippen molar-refractivity contribution >= 4 is 11.9 Å². The van der Waals surface area contributed by atoms with Gasteiger partial charge in [-0.15, -0.1) is 0 Å². The lowest BCUT2D eigenvalue weighted by Crippen LogP contribution is -2.42. The molecule has 2 N–H and O–H groups in total. The minimum atomic E-state index is -0.0789. The Morgan fingerprint density at radius 3 is 2.38 bits per heavy atom. The van der Waals surface area contributed by atoms with Gasteiger partial charge in [0.15, 0.2) is 5.96 Å². The van der Waals surface area contributed by atoms with Crippen molar-refractivity contribution in [1.29, 1.82) is 0 Å². The number of nitrogens with one attached hydrogen (secondary N) is 2. The number of hydrogen-bond acceptors (Lipinski definition) is 3. The van der Waals surface area contributed by atoms with E-state index in [2.05, 4.69) is 15.6 Å². The molecular formula is C20H26N4O2. The average Bonchev–Trinajstić information content (AvgIpc) is 2.68. The Bertz CT molecular complexity index is 732. The van der Waals surface area contributed by atoms with Crippen molar-refractivity contribution < 1.29 is 9.53 Å². The SMILES string of the molecule is CN=C(NCCNC(=O)c1ccccc1)N(C)Cc1ccccc1OC. The van der Waals surface area contributed by atoms with E-state index in [1.54, 1.807) is 26.3 Å². The highest BCUT2D eigenvalue weighted by Crippen LogP contribution is 2.18. The number of amides is 1. The molecule has 0 spiro atoms. The van der Waals surface area contributed by atoms with Crippen LogP contribution in [-0.2, 0) is 6.54 Å². The molecule has 0 radical (unpaired) electrons. The Morgan fingerprint density at radius 1 is 1.04 bits per heavy atom. The Kier molecular flexibility index (Phi) is 7.49. The first-order chi connectivity index (χ1) is 12.7. The maximum Gasteiger partial charge on any atom is 0.251 e. The number of para-hydroxylation sites is 1. The zero-order valence-electron chi connectivity index (χ0n) is 15.5. The van der Waals surface area contributed by atoms with Crippen LogP contribution in [0.25, 0.3) is 0 Å². The second kappa shape index (κ2) is 10.1. The van der Waals surface area contributed by atoms with E-state index < -0.39 is 0 Å². The van der Waals surface area contributed by atoms with Gasteiger partial charge < -0.3 is 20.3 Å². The molecule has 6 heteroatoms. The normalized spacial score (nSPS) is 11.0. The van der Waals surface area contributed by atoms with Crippen LogP contribution >= 0.6 is 0 Å². The van der Waals surface area contributed by atoms with Crippen LogP contribution in [0.5, 0.6) is 5.75 Å². The molecule has 2 rings (SSSR count). The summed E-state index contributed by atoms with van der Waals surface area (Å²) in [5.74, 6) is 1.53. The number of carbonyl (C=O) groups excluding carboxylic acids is 1. The third-order valence-electron chi connectivity index (χ3n) is 3.90. The molecule has 6 nitrogen and oxygen atoms in total. The number of rotatable bonds is 7. The van der Waals surface area contributed by atoms with E-state index in [-0.39, 0.29) is 5.91 Å². The van der Waals surface area contributed by atoms with E-state index >= 15 is 0 Å². The lowest BCUT2D eigenvalue weighted by molar-refractivity contribution is 0.0954. The van der Waals surface area contributed by atoms with E-state index in [1.165, 1.54) is 0 Å². The monoisotopic (exact) mass is 354 g/mol. The Labute approximate surface area is 154 Å². The van der Waals surface area contributed by atoms with Crippen LogP contribution in [0.15, 0.2) is 59.6 Å². The first-order valence-electron chi connectivity index (χ1n) is 8.52. The molecule has 0 saturated carbocycles. The zero-order chi connectivity index (χ0) is 18.8. The molecule has 1 amide bonds. The highest BCUT2D eigenvalue weighted by molar-refractivity contribution is 5.94. The van der Waals surface area contributed by atoms with Gasteiger partial charge in [-0.1, -0.05) is 36.4 Å². The number of methoxy groups -OCH3 is 1. The average molecular weight is 354 g/mol. The lowest BCUT2D eigenvalue weighted by atomic mass is 10.2. The van der Waals surface area contributed by atoms with E-state index in [9.17, 15) is 4.79 Å². The van der Waals surface area contributed by atoms with Crippen LogP contribution in [0.4, 0.5) is 0 Å². The fraction of sp³-hybridized carbons (Fsp3) is 0.300. The van der Waals surface area contributed by atoms with Crippen molar-refractivity contribution in [2.24, 2.45) is 4.99 Å². The maximum absolute atomic E-state index is 12.0. The largest absolute Gasteiger partial charge is 0.496 e. The van der Waals surface area contributed by atoms with Crippen molar-refractivity contribution in [2.45, 2.75) is 6.54 Å². The quantitative estimate of drug-likeness (QED) is 0.454. The van der Waals surface area contributed by atoms with Gasteiger partial charge in [0, 0.05) is 44.9 Å². The van der Waals surface area contributed by atoms with E-state index in [4.69, 9.17) is 4.74 Å². The topological polar surface area (TPSA) is 66.0 Å². The fourth-order valence-electron chi connectivity index (χ4n) is 2.59. The van der Waals surface area contributed by atoms with Crippen LogP contribution in [0.3, 0.4) is 0 Å². The second-order valence-corrected chi connectivity index (χ2v) is 5.76. The predicted octanol–water partition coefficient (Wildman–Crippen LogP) is 2.13. The Hall–Kier alpha value is -3.02. The number of aliphatic imine (C=N–C) groups is 1. The van der Waals surface area contributed by atoms with Gasteiger partial charge in [0.05, 0.1) is 7.11 Å². The molecule has 0 heterocycles. The molecule has 0 aliphatic heterocycles. The lowest BCUT2D eigenvalue weighted by Gasteiger charge is -2.23. The Morgan fingerprint density at radius 2 is 1.69 bits per heavy atom. The van der Waals surface area contributed by atoms with Crippen molar-refractivity contribution in [2.75, 3.05) is 34.3 Å². The number of carbonyl (C=O) groups is 1. The van der Waals surface area contributed by atoms with Gasteiger partial charge in [0.2, 0.25) is 0 Å². The summed E-state index contributed by atoms with van der Waals surface area (Å²) in [4.78, 5) is 18.3. The molecule has 0 bridgehead atoms. The summed E-state index contributed by atoms with van der Waals surface area (Å²) in [5.41, 5.74) is 1.74. The third kappa shape index (κ3) is 5.51. The molecule has 0 aliphatic carbocycles. The van der Waals surface area contributed by atoms with Crippen LogP contribution in [0.1, 0.15) is 15.9 Å². The van der Waals surface area contributed by atoms with Crippen molar-refractivity contribution in [3.05, 3.63) is 65.7 Å². The van der Waals surface area contributed by atoms with Crippen LogP contribution in [0, 0.1) is 0 Å². The summed E-state index contributed by atoms with van der Waals surface area (Å²) in [5, 5.41) is 6.14. The summed E-state index contributed by atoms with van der Waals surface area (Å²) in [6.07, 6.45) is 0. The van der Waals surface area contributed by atoms with Gasteiger partial charge in [-0.3, -0.25) is 9.79 Å². The van der Waals surface area contributed by atoms with E-state index in [0.717, 1.165) is 17.3 Å². The molecule has 26 heavy (non-hydrogen) atoms. The summed E-state index contributed by atoms with van der Waals surface area (Å²) in [6, 6.07) is 17.1. The van der Waals surface area contributed by atoms with Gasteiger partial charge in [-0.25, -0.2) is 0 Å². The molecule has 0 aliphatic rings. The molecule has 0 aromatic heterocycles. The van der Waals surface area contributed by atoms with Crippen LogP contribution in [-0.4, -0.2) is 51.1 Å². The minimum absolute atomic E-state index is 0.0789.